The number of rotatable bonds is 4. The third-order valence-corrected chi connectivity index (χ3v) is 6.62. The monoisotopic (exact) mass is 410 g/mol. The molecule has 152 valence electrons. The normalized spacial score (nSPS) is 18.7. The van der Waals surface area contributed by atoms with Crippen molar-refractivity contribution in [3.63, 3.8) is 0 Å². The van der Waals surface area contributed by atoms with Crippen LogP contribution in [0, 0.1) is 6.92 Å². The van der Waals surface area contributed by atoms with Crippen molar-refractivity contribution in [3.05, 3.63) is 54.1 Å². The number of ether oxygens (including phenoxy) is 1. The summed E-state index contributed by atoms with van der Waals surface area (Å²) in [7, 11) is 0. The summed E-state index contributed by atoms with van der Waals surface area (Å²) in [6.45, 7) is 3.86. The van der Waals surface area contributed by atoms with Crippen molar-refractivity contribution in [1.29, 1.82) is 0 Å². The number of likely N-dealkylation sites (tertiary alicyclic amines) is 1. The van der Waals surface area contributed by atoms with Gasteiger partial charge in [-0.2, -0.15) is 0 Å². The number of nitrogens with zero attached hydrogens (tertiary/aromatic N) is 2. The highest BCUT2D eigenvalue weighted by Crippen LogP contribution is 2.34. The van der Waals surface area contributed by atoms with Crippen LogP contribution in [-0.4, -0.2) is 48.2 Å². The topological polar surface area (TPSA) is 49.9 Å². The van der Waals surface area contributed by atoms with Gasteiger partial charge in [-0.3, -0.25) is 9.59 Å². The smallest absolute Gasteiger partial charge is 0.265 e. The second-order valence-electron chi connectivity index (χ2n) is 7.52. The SMILES string of the molecule is Cc1ccccc1SCC(=O)N1C[C@@H](C(=O)N2CCCCC2)Oc2ccccc21. The van der Waals surface area contributed by atoms with E-state index in [-0.39, 0.29) is 18.4 Å². The highest BCUT2D eigenvalue weighted by molar-refractivity contribution is 8.00. The van der Waals surface area contributed by atoms with Gasteiger partial charge in [0.05, 0.1) is 18.0 Å². The number of anilines is 1. The Morgan fingerprint density at radius 3 is 2.55 bits per heavy atom. The molecule has 2 aromatic carbocycles. The maximum atomic E-state index is 13.1. The van der Waals surface area contributed by atoms with Gasteiger partial charge in [0.15, 0.2) is 6.10 Å². The lowest BCUT2D eigenvalue weighted by Gasteiger charge is -2.37. The second-order valence-corrected chi connectivity index (χ2v) is 8.54. The van der Waals surface area contributed by atoms with Crippen LogP contribution in [0.1, 0.15) is 24.8 Å². The van der Waals surface area contributed by atoms with Gasteiger partial charge in [-0.1, -0.05) is 30.3 Å². The number of carbonyl (C=O) groups is 2. The Labute approximate surface area is 176 Å². The molecule has 0 bridgehead atoms. The lowest BCUT2D eigenvalue weighted by atomic mass is 10.1. The molecule has 2 aromatic rings. The first-order valence-electron chi connectivity index (χ1n) is 10.2. The van der Waals surface area contributed by atoms with Gasteiger partial charge in [0.2, 0.25) is 5.91 Å². The van der Waals surface area contributed by atoms with E-state index in [0.29, 0.717) is 11.5 Å². The molecule has 0 aromatic heterocycles. The fourth-order valence-electron chi connectivity index (χ4n) is 3.85. The number of piperidine rings is 1. The van der Waals surface area contributed by atoms with E-state index in [4.69, 9.17) is 4.74 Å². The van der Waals surface area contributed by atoms with Gasteiger partial charge >= 0.3 is 0 Å². The summed E-state index contributed by atoms with van der Waals surface area (Å²) in [6, 6.07) is 15.5. The molecule has 2 amide bonds. The summed E-state index contributed by atoms with van der Waals surface area (Å²) < 4.78 is 6.02. The molecular formula is C23H26N2O3S. The third-order valence-electron chi connectivity index (χ3n) is 5.46. The minimum atomic E-state index is -0.643. The molecule has 1 saturated heterocycles. The molecule has 2 aliphatic rings. The first kappa shape index (κ1) is 19.8. The predicted molar refractivity (Wildman–Crippen MR) is 116 cm³/mol. The van der Waals surface area contributed by atoms with Gasteiger partial charge in [-0.25, -0.2) is 0 Å². The van der Waals surface area contributed by atoms with Crippen LogP contribution < -0.4 is 9.64 Å². The first-order chi connectivity index (χ1) is 14.1. The molecule has 2 heterocycles. The molecule has 0 spiro atoms. The van der Waals surface area contributed by atoms with Crippen LogP contribution in [-0.2, 0) is 9.59 Å². The molecule has 0 radical (unpaired) electrons. The summed E-state index contributed by atoms with van der Waals surface area (Å²) in [5, 5.41) is 0. The van der Waals surface area contributed by atoms with E-state index in [2.05, 4.69) is 0 Å². The Hall–Kier alpha value is -2.47. The number of hydrogen-bond acceptors (Lipinski definition) is 4. The molecule has 1 fully saturated rings. The molecule has 29 heavy (non-hydrogen) atoms. The maximum Gasteiger partial charge on any atom is 0.265 e. The van der Waals surface area contributed by atoms with Crippen LogP contribution in [0.4, 0.5) is 5.69 Å². The van der Waals surface area contributed by atoms with E-state index in [0.717, 1.165) is 42.1 Å². The highest BCUT2D eigenvalue weighted by atomic mass is 32.2. The fraction of sp³-hybridized carbons (Fsp3) is 0.391. The number of fused-ring (bicyclic) bond motifs is 1. The summed E-state index contributed by atoms with van der Waals surface area (Å²) in [4.78, 5) is 30.8. The van der Waals surface area contributed by atoms with Crippen LogP contribution >= 0.6 is 11.8 Å². The van der Waals surface area contributed by atoms with E-state index < -0.39 is 6.10 Å². The van der Waals surface area contributed by atoms with Crippen LogP contribution in [0.2, 0.25) is 0 Å². The Bertz CT molecular complexity index is 895. The third kappa shape index (κ3) is 4.42. The van der Waals surface area contributed by atoms with Gasteiger partial charge in [-0.05, 0) is 49.9 Å². The minimum absolute atomic E-state index is 0.00885. The summed E-state index contributed by atoms with van der Waals surface area (Å²) in [5.74, 6) is 0.904. The molecule has 5 nitrogen and oxygen atoms in total. The van der Waals surface area contributed by atoms with Crippen molar-refractivity contribution in [3.8, 4) is 5.75 Å². The molecular weight excluding hydrogens is 384 g/mol. The van der Waals surface area contributed by atoms with Crippen LogP contribution in [0.3, 0.4) is 0 Å². The van der Waals surface area contributed by atoms with E-state index in [1.807, 2.05) is 60.4 Å². The number of benzene rings is 2. The number of aryl methyl sites for hydroxylation is 1. The van der Waals surface area contributed by atoms with Crippen molar-refractivity contribution >= 4 is 29.3 Å². The molecule has 0 unspecified atom stereocenters. The Balaban J connectivity index is 1.50. The standard InChI is InChI=1S/C23H26N2O3S/c1-17-9-3-6-12-21(17)29-16-22(26)25-15-20(23(27)24-13-7-2-8-14-24)28-19-11-5-4-10-18(19)25/h3-6,9-12,20H,2,7-8,13-16H2,1H3/t20-/m0/s1. The zero-order valence-electron chi connectivity index (χ0n) is 16.7. The Morgan fingerprint density at radius 1 is 1.03 bits per heavy atom. The fourth-order valence-corrected chi connectivity index (χ4v) is 4.76. The number of carbonyl (C=O) groups excluding carboxylic acids is 2. The van der Waals surface area contributed by atoms with Crippen molar-refractivity contribution in [2.45, 2.75) is 37.2 Å². The van der Waals surface area contributed by atoms with Crippen LogP contribution in [0.25, 0.3) is 0 Å². The Kier molecular flexibility index (Phi) is 6.09. The predicted octanol–water partition coefficient (Wildman–Crippen LogP) is 3.89. The summed E-state index contributed by atoms with van der Waals surface area (Å²) >= 11 is 1.53. The average molecular weight is 411 g/mol. The second kappa shape index (κ2) is 8.91. The molecule has 0 saturated carbocycles. The van der Waals surface area contributed by atoms with Gasteiger partial charge in [-0.15, -0.1) is 11.8 Å². The molecule has 1 atom stereocenters. The van der Waals surface area contributed by atoms with Gasteiger partial charge in [0, 0.05) is 18.0 Å². The number of para-hydroxylation sites is 2. The van der Waals surface area contributed by atoms with E-state index in [1.165, 1.54) is 18.2 Å². The van der Waals surface area contributed by atoms with Crippen molar-refractivity contribution in [2.24, 2.45) is 0 Å². The molecule has 4 rings (SSSR count). The van der Waals surface area contributed by atoms with Crippen molar-refractivity contribution in [2.75, 3.05) is 30.3 Å². The summed E-state index contributed by atoms with van der Waals surface area (Å²) in [6.07, 6.45) is 2.59. The van der Waals surface area contributed by atoms with Gasteiger partial charge in [0.25, 0.3) is 5.91 Å². The maximum absolute atomic E-state index is 13.1. The quantitative estimate of drug-likeness (QED) is 0.718. The zero-order valence-corrected chi connectivity index (χ0v) is 17.5. The number of thioether (sulfide) groups is 1. The molecule has 6 heteroatoms. The largest absolute Gasteiger partial charge is 0.476 e. The first-order valence-corrected chi connectivity index (χ1v) is 11.2. The lowest BCUT2D eigenvalue weighted by molar-refractivity contribution is -0.139. The number of amides is 2. The summed E-state index contributed by atoms with van der Waals surface area (Å²) in [5.41, 5.74) is 1.90. The van der Waals surface area contributed by atoms with Gasteiger partial charge in [0.1, 0.15) is 5.75 Å². The molecule has 2 aliphatic heterocycles. The van der Waals surface area contributed by atoms with Crippen molar-refractivity contribution in [1.82, 2.24) is 4.90 Å². The van der Waals surface area contributed by atoms with Crippen molar-refractivity contribution < 1.29 is 14.3 Å². The van der Waals surface area contributed by atoms with E-state index >= 15 is 0 Å². The van der Waals surface area contributed by atoms with E-state index in [1.54, 1.807) is 4.90 Å². The minimum Gasteiger partial charge on any atom is -0.476 e. The van der Waals surface area contributed by atoms with Crippen LogP contribution in [0.5, 0.6) is 5.75 Å². The highest BCUT2D eigenvalue weighted by Gasteiger charge is 2.36. The Morgan fingerprint density at radius 2 is 1.76 bits per heavy atom. The molecule has 0 aliphatic carbocycles. The molecule has 0 N–H and O–H groups in total. The van der Waals surface area contributed by atoms with Crippen LogP contribution in [0.15, 0.2) is 53.4 Å². The zero-order chi connectivity index (χ0) is 20.2. The van der Waals surface area contributed by atoms with Gasteiger partial charge < -0.3 is 14.5 Å². The van der Waals surface area contributed by atoms with E-state index in [9.17, 15) is 9.59 Å². The lowest BCUT2D eigenvalue weighted by Crippen LogP contribution is -2.53. The number of hydrogen-bond donors (Lipinski definition) is 0. The average Bonchev–Trinajstić information content (AvgIpc) is 2.77.